The molecule has 2 amide bonds. The van der Waals surface area contributed by atoms with Crippen molar-refractivity contribution in [1.82, 2.24) is 10.2 Å². The monoisotopic (exact) mass is 448 g/mol. The van der Waals surface area contributed by atoms with Gasteiger partial charge in [-0.15, -0.1) is 0 Å². The standard InChI is InChI=1S/C27H32N2O4/c1-27(2,3)33-26(31)29-18-9-8-10-19(29)16-17(15-18)28-25(30)24-20-11-4-6-13-22(20)32-23-14-7-5-12-21(23)24/h4-7,11-14,17-19,24H,8-10,15-16H2,1-3H3,(H,28,30). The number of fused-ring (bicyclic) bond motifs is 4. The van der Waals surface area contributed by atoms with E-state index in [0.29, 0.717) is 0 Å². The summed E-state index contributed by atoms with van der Waals surface area (Å²) in [7, 11) is 0. The molecule has 0 spiro atoms. The summed E-state index contributed by atoms with van der Waals surface area (Å²) in [6.45, 7) is 5.70. The highest BCUT2D eigenvalue weighted by Crippen LogP contribution is 2.44. The third-order valence-corrected chi connectivity index (χ3v) is 6.87. The van der Waals surface area contributed by atoms with Crippen molar-refractivity contribution in [2.24, 2.45) is 0 Å². The van der Waals surface area contributed by atoms with Crippen LogP contribution in [0.2, 0.25) is 0 Å². The normalized spacial score (nSPS) is 24.2. The smallest absolute Gasteiger partial charge is 0.410 e. The molecule has 2 bridgehead atoms. The minimum atomic E-state index is -0.514. The quantitative estimate of drug-likeness (QED) is 0.671. The Kier molecular flexibility index (Phi) is 5.55. The largest absolute Gasteiger partial charge is 0.457 e. The molecule has 6 nitrogen and oxygen atoms in total. The molecule has 5 rings (SSSR count). The predicted molar refractivity (Wildman–Crippen MR) is 125 cm³/mol. The second-order valence-electron chi connectivity index (χ2n) is 10.4. The summed E-state index contributed by atoms with van der Waals surface area (Å²) in [6, 6.07) is 15.7. The fraction of sp³-hybridized carbons (Fsp3) is 0.481. The van der Waals surface area contributed by atoms with Gasteiger partial charge in [-0.2, -0.15) is 0 Å². The van der Waals surface area contributed by atoms with Gasteiger partial charge in [0.2, 0.25) is 5.91 Å². The van der Waals surface area contributed by atoms with Crippen LogP contribution in [0.1, 0.15) is 69.9 Å². The van der Waals surface area contributed by atoms with Crippen LogP contribution in [0.4, 0.5) is 4.79 Å². The van der Waals surface area contributed by atoms with E-state index in [4.69, 9.17) is 9.47 Å². The molecule has 174 valence electrons. The summed E-state index contributed by atoms with van der Waals surface area (Å²) < 4.78 is 11.7. The maximum atomic E-state index is 13.6. The van der Waals surface area contributed by atoms with Crippen LogP contribution >= 0.6 is 0 Å². The van der Waals surface area contributed by atoms with Crippen molar-refractivity contribution in [3.05, 3.63) is 59.7 Å². The van der Waals surface area contributed by atoms with E-state index in [1.54, 1.807) is 0 Å². The number of amides is 2. The van der Waals surface area contributed by atoms with Crippen LogP contribution < -0.4 is 10.1 Å². The lowest BCUT2D eigenvalue weighted by Crippen LogP contribution is -2.59. The molecule has 2 aromatic carbocycles. The van der Waals surface area contributed by atoms with Crippen molar-refractivity contribution in [2.75, 3.05) is 0 Å². The summed E-state index contributed by atoms with van der Waals surface area (Å²) >= 11 is 0. The molecule has 0 radical (unpaired) electrons. The van der Waals surface area contributed by atoms with Crippen LogP contribution in [0, 0.1) is 0 Å². The third-order valence-electron chi connectivity index (χ3n) is 6.87. The lowest BCUT2D eigenvalue weighted by Gasteiger charge is -2.48. The number of benzene rings is 2. The first-order chi connectivity index (χ1) is 15.8. The fourth-order valence-corrected chi connectivity index (χ4v) is 5.59. The first kappa shape index (κ1) is 21.8. The highest BCUT2D eigenvalue weighted by atomic mass is 16.6. The Labute approximate surface area is 195 Å². The summed E-state index contributed by atoms with van der Waals surface area (Å²) in [4.78, 5) is 28.5. The number of piperidine rings is 2. The molecule has 1 N–H and O–H groups in total. The van der Waals surface area contributed by atoms with Gasteiger partial charge in [0, 0.05) is 29.3 Å². The Hall–Kier alpha value is -3.02. The van der Waals surface area contributed by atoms with Crippen LogP contribution in [0.15, 0.2) is 48.5 Å². The van der Waals surface area contributed by atoms with Gasteiger partial charge in [0.15, 0.2) is 0 Å². The second kappa shape index (κ2) is 8.40. The third kappa shape index (κ3) is 4.31. The molecule has 2 fully saturated rings. The maximum Gasteiger partial charge on any atom is 0.410 e. The number of nitrogens with one attached hydrogen (secondary N) is 1. The van der Waals surface area contributed by atoms with Gasteiger partial charge in [-0.05, 0) is 65.0 Å². The van der Waals surface area contributed by atoms with Gasteiger partial charge in [0.05, 0.1) is 5.92 Å². The van der Waals surface area contributed by atoms with Crippen molar-refractivity contribution in [2.45, 2.75) is 82.5 Å². The van der Waals surface area contributed by atoms with E-state index in [9.17, 15) is 9.59 Å². The lowest BCUT2D eigenvalue weighted by molar-refractivity contribution is -0.123. The highest BCUT2D eigenvalue weighted by Gasteiger charge is 2.44. The number of carbonyl (C=O) groups is 2. The molecule has 3 aliphatic rings. The Balaban J connectivity index is 1.34. The van der Waals surface area contributed by atoms with E-state index in [0.717, 1.165) is 54.7 Å². The number of nitrogens with zero attached hydrogens (tertiary/aromatic N) is 1. The molecule has 0 aliphatic carbocycles. The van der Waals surface area contributed by atoms with Crippen molar-refractivity contribution >= 4 is 12.0 Å². The first-order valence-corrected chi connectivity index (χ1v) is 12.0. The van der Waals surface area contributed by atoms with Crippen LogP contribution in [-0.4, -0.2) is 40.6 Å². The van der Waals surface area contributed by atoms with E-state index in [1.165, 1.54) is 0 Å². The van der Waals surface area contributed by atoms with Gasteiger partial charge in [-0.3, -0.25) is 4.79 Å². The van der Waals surface area contributed by atoms with Gasteiger partial charge < -0.3 is 19.7 Å². The van der Waals surface area contributed by atoms with Gasteiger partial charge in [-0.25, -0.2) is 4.79 Å². The van der Waals surface area contributed by atoms with Crippen LogP contribution in [0.3, 0.4) is 0 Å². The fourth-order valence-electron chi connectivity index (χ4n) is 5.59. The van der Waals surface area contributed by atoms with Gasteiger partial charge in [0.25, 0.3) is 0 Å². The Morgan fingerprint density at radius 3 is 2.03 bits per heavy atom. The molecular weight excluding hydrogens is 416 g/mol. The molecule has 0 saturated carbocycles. The molecule has 0 aromatic heterocycles. The zero-order valence-electron chi connectivity index (χ0n) is 19.5. The Morgan fingerprint density at radius 2 is 1.48 bits per heavy atom. The van der Waals surface area contributed by atoms with Gasteiger partial charge >= 0.3 is 6.09 Å². The van der Waals surface area contributed by atoms with Crippen molar-refractivity contribution in [3.8, 4) is 11.5 Å². The number of rotatable bonds is 2. The van der Waals surface area contributed by atoms with E-state index in [-0.39, 0.29) is 30.1 Å². The number of para-hydroxylation sites is 2. The van der Waals surface area contributed by atoms with E-state index < -0.39 is 11.5 Å². The van der Waals surface area contributed by atoms with Crippen LogP contribution in [0.25, 0.3) is 0 Å². The van der Waals surface area contributed by atoms with E-state index in [2.05, 4.69) is 5.32 Å². The topological polar surface area (TPSA) is 67.9 Å². The lowest BCUT2D eigenvalue weighted by atomic mass is 9.81. The predicted octanol–water partition coefficient (Wildman–Crippen LogP) is 5.36. The summed E-state index contributed by atoms with van der Waals surface area (Å²) in [5, 5.41) is 3.33. The zero-order valence-corrected chi connectivity index (χ0v) is 19.5. The van der Waals surface area contributed by atoms with Gasteiger partial charge in [0.1, 0.15) is 17.1 Å². The summed E-state index contributed by atoms with van der Waals surface area (Å²) in [5.74, 6) is 1.04. The summed E-state index contributed by atoms with van der Waals surface area (Å²) in [5.41, 5.74) is 1.26. The maximum absolute atomic E-state index is 13.6. The molecule has 2 saturated heterocycles. The average Bonchev–Trinajstić information content (AvgIpc) is 2.75. The zero-order chi connectivity index (χ0) is 23.2. The molecule has 2 atom stereocenters. The molecule has 2 unspecified atom stereocenters. The minimum absolute atomic E-state index is 0.00742. The Morgan fingerprint density at radius 1 is 0.939 bits per heavy atom. The van der Waals surface area contributed by atoms with Crippen molar-refractivity contribution in [3.63, 3.8) is 0 Å². The van der Waals surface area contributed by atoms with E-state index >= 15 is 0 Å². The van der Waals surface area contributed by atoms with Crippen molar-refractivity contribution < 1.29 is 19.1 Å². The highest BCUT2D eigenvalue weighted by molar-refractivity contribution is 5.90. The number of carbonyl (C=O) groups excluding carboxylic acids is 2. The second-order valence-corrected chi connectivity index (χ2v) is 10.4. The van der Waals surface area contributed by atoms with E-state index in [1.807, 2.05) is 74.2 Å². The van der Waals surface area contributed by atoms with Gasteiger partial charge in [-0.1, -0.05) is 36.4 Å². The molecular formula is C27H32N2O4. The number of hydrogen-bond acceptors (Lipinski definition) is 4. The van der Waals surface area contributed by atoms with Crippen LogP contribution in [-0.2, 0) is 9.53 Å². The first-order valence-electron chi connectivity index (χ1n) is 12.0. The van der Waals surface area contributed by atoms with Crippen molar-refractivity contribution in [1.29, 1.82) is 0 Å². The molecule has 3 aliphatic heterocycles. The summed E-state index contributed by atoms with van der Waals surface area (Å²) in [6.07, 6.45) is 4.29. The number of hydrogen-bond donors (Lipinski definition) is 1. The molecule has 33 heavy (non-hydrogen) atoms. The van der Waals surface area contributed by atoms with Crippen LogP contribution in [0.5, 0.6) is 11.5 Å². The average molecular weight is 449 g/mol. The molecule has 3 heterocycles. The minimum Gasteiger partial charge on any atom is -0.457 e. The molecule has 2 aromatic rings. The Bertz CT molecular complexity index is 1000. The molecule has 6 heteroatoms. The number of ether oxygens (including phenoxy) is 2. The SMILES string of the molecule is CC(C)(C)OC(=O)N1C2CCCC1CC(NC(=O)C1c3ccccc3Oc3ccccc31)C2.